The Morgan fingerprint density at radius 3 is 2.57 bits per heavy atom. The number of benzene rings is 2. The molecule has 0 saturated carbocycles. The van der Waals surface area contributed by atoms with Gasteiger partial charge in [-0.2, -0.15) is 20.2 Å². The van der Waals surface area contributed by atoms with E-state index in [-0.39, 0.29) is 18.6 Å². The molecule has 0 bridgehead atoms. The molecule has 4 rings (SSSR count). The highest BCUT2D eigenvalue weighted by Gasteiger charge is 2.13. The molecular formula is C21H16N6O. The van der Waals surface area contributed by atoms with Gasteiger partial charge in [-0.1, -0.05) is 42.5 Å². The van der Waals surface area contributed by atoms with E-state index in [1.54, 1.807) is 13.0 Å². The van der Waals surface area contributed by atoms with E-state index in [2.05, 4.69) is 21.0 Å². The van der Waals surface area contributed by atoms with Crippen LogP contribution in [0.15, 0.2) is 54.6 Å². The number of aryl methyl sites for hydroxylation is 1. The highest BCUT2D eigenvalue weighted by molar-refractivity contribution is 5.87. The average Bonchev–Trinajstić information content (AvgIpc) is 2.71. The van der Waals surface area contributed by atoms with E-state index < -0.39 is 0 Å². The lowest BCUT2D eigenvalue weighted by Gasteiger charge is -2.12. The summed E-state index contributed by atoms with van der Waals surface area (Å²) < 4.78 is 5.77. The number of fused-ring (bicyclic) bond motifs is 1. The third-order valence-electron chi connectivity index (χ3n) is 4.19. The predicted octanol–water partition coefficient (Wildman–Crippen LogP) is 3.43. The number of rotatable bonds is 4. The fourth-order valence-corrected chi connectivity index (χ4v) is 2.97. The maximum Gasteiger partial charge on any atom is 0.321 e. The van der Waals surface area contributed by atoms with Crippen LogP contribution in [0.5, 0.6) is 6.01 Å². The van der Waals surface area contributed by atoms with Gasteiger partial charge in [0.2, 0.25) is 5.95 Å². The largest absolute Gasteiger partial charge is 0.458 e. The molecule has 2 aromatic carbocycles. The van der Waals surface area contributed by atoms with Gasteiger partial charge in [0.15, 0.2) is 0 Å². The minimum absolute atomic E-state index is 0.112. The van der Waals surface area contributed by atoms with Crippen LogP contribution in [-0.2, 0) is 6.61 Å². The Labute approximate surface area is 161 Å². The van der Waals surface area contributed by atoms with E-state index in [1.807, 2.05) is 48.5 Å². The van der Waals surface area contributed by atoms with Gasteiger partial charge in [0.1, 0.15) is 18.5 Å². The fourth-order valence-electron chi connectivity index (χ4n) is 2.97. The molecule has 28 heavy (non-hydrogen) atoms. The van der Waals surface area contributed by atoms with Crippen LogP contribution in [0.4, 0.5) is 5.95 Å². The minimum Gasteiger partial charge on any atom is -0.458 e. The zero-order valence-electron chi connectivity index (χ0n) is 15.1. The number of nitriles is 1. The van der Waals surface area contributed by atoms with Gasteiger partial charge in [-0.3, -0.25) is 0 Å². The molecule has 0 radical (unpaired) electrons. The molecule has 0 spiro atoms. The second-order valence-corrected chi connectivity index (χ2v) is 6.16. The number of aromatic nitrogens is 4. The second-order valence-electron chi connectivity index (χ2n) is 6.16. The first-order chi connectivity index (χ1) is 13.6. The summed E-state index contributed by atoms with van der Waals surface area (Å²) in [6.45, 7) is 1.92. The average molecular weight is 368 g/mol. The maximum atomic E-state index is 9.42. The van der Waals surface area contributed by atoms with Crippen LogP contribution in [0.1, 0.15) is 17.0 Å². The molecule has 2 heterocycles. The summed E-state index contributed by atoms with van der Waals surface area (Å²) in [5.74, 6) is 0.599. The van der Waals surface area contributed by atoms with Gasteiger partial charge < -0.3 is 10.5 Å². The molecule has 0 aliphatic rings. The van der Waals surface area contributed by atoms with Gasteiger partial charge in [-0.05, 0) is 19.1 Å². The van der Waals surface area contributed by atoms with Crippen molar-refractivity contribution in [2.75, 3.05) is 5.73 Å². The normalized spacial score (nSPS) is 10.6. The molecule has 0 aliphatic heterocycles. The Hall–Kier alpha value is -4.05. The van der Waals surface area contributed by atoms with Gasteiger partial charge in [0, 0.05) is 16.5 Å². The lowest BCUT2D eigenvalue weighted by molar-refractivity contribution is 0.280. The van der Waals surface area contributed by atoms with Crippen LogP contribution >= 0.6 is 0 Å². The SMILES string of the molecule is Cc1nc(N)nc(OCc2cc3cccc(C#N)c3nc2-c2ccccc2)n1. The number of nitrogen functional groups attached to an aromatic ring is 1. The third-order valence-corrected chi connectivity index (χ3v) is 4.19. The lowest BCUT2D eigenvalue weighted by atomic mass is 10.0. The first-order valence-electron chi connectivity index (χ1n) is 8.63. The van der Waals surface area contributed by atoms with Crippen LogP contribution < -0.4 is 10.5 Å². The molecule has 4 aromatic rings. The van der Waals surface area contributed by atoms with Crippen LogP contribution in [0, 0.1) is 18.3 Å². The van der Waals surface area contributed by atoms with E-state index in [4.69, 9.17) is 15.5 Å². The maximum absolute atomic E-state index is 9.42. The smallest absolute Gasteiger partial charge is 0.321 e. The molecule has 136 valence electrons. The second kappa shape index (κ2) is 7.29. The molecule has 0 aliphatic carbocycles. The number of para-hydroxylation sites is 1. The summed E-state index contributed by atoms with van der Waals surface area (Å²) in [6, 6.07) is 19.6. The molecule has 0 unspecified atom stereocenters. The first-order valence-corrected chi connectivity index (χ1v) is 8.63. The van der Waals surface area contributed by atoms with Crippen molar-refractivity contribution in [1.29, 1.82) is 5.26 Å². The highest BCUT2D eigenvalue weighted by atomic mass is 16.5. The Morgan fingerprint density at radius 1 is 1.00 bits per heavy atom. The molecule has 7 heteroatoms. The lowest BCUT2D eigenvalue weighted by Crippen LogP contribution is -2.06. The molecule has 7 nitrogen and oxygen atoms in total. The third kappa shape index (κ3) is 3.44. The molecule has 0 fully saturated rings. The quantitative estimate of drug-likeness (QED) is 0.587. The first kappa shape index (κ1) is 17.4. The van der Waals surface area contributed by atoms with Crippen molar-refractivity contribution in [3.8, 4) is 23.3 Å². The van der Waals surface area contributed by atoms with E-state index in [9.17, 15) is 5.26 Å². The van der Waals surface area contributed by atoms with Crippen molar-refractivity contribution < 1.29 is 4.74 Å². The number of nitrogens with zero attached hydrogens (tertiary/aromatic N) is 5. The van der Waals surface area contributed by atoms with E-state index >= 15 is 0 Å². The van der Waals surface area contributed by atoms with Gasteiger partial charge in [0.05, 0.1) is 16.8 Å². The van der Waals surface area contributed by atoms with Crippen LogP contribution in [0.2, 0.25) is 0 Å². The highest BCUT2D eigenvalue weighted by Crippen LogP contribution is 2.28. The summed E-state index contributed by atoms with van der Waals surface area (Å²) >= 11 is 0. The number of pyridine rings is 1. The zero-order valence-corrected chi connectivity index (χ0v) is 15.1. The Morgan fingerprint density at radius 2 is 1.82 bits per heavy atom. The van der Waals surface area contributed by atoms with Crippen molar-refractivity contribution in [3.05, 3.63) is 71.5 Å². The van der Waals surface area contributed by atoms with E-state index in [1.165, 1.54) is 0 Å². The van der Waals surface area contributed by atoms with Crippen LogP contribution in [0.3, 0.4) is 0 Å². The van der Waals surface area contributed by atoms with Gasteiger partial charge in [-0.15, -0.1) is 0 Å². The number of hydrogen-bond acceptors (Lipinski definition) is 7. The number of nitrogens with two attached hydrogens (primary N) is 1. The van der Waals surface area contributed by atoms with Gasteiger partial charge >= 0.3 is 6.01 Å². The van der Waals surface area contributed by atoms with Crippen LogP contribution in [0.25, 0.3) is 22.2 Å². The van der Waals surface area contributed by atoms with Gasteiger partial charge in [-0.25, -0.2) is 4.98 Å². The molecule has 2 aromatic heterocycles. The van der Waals surface area contributed by atoms with Gasteiger partial charge in [0.25, 0.3) is 0 Å². The van der Waals surface area contributed by atoms with Crippen LogP contribution in [-0.4, -0.2) is 19.9 Å². The van der Waals surface area contributed by atoms with Crippen molar-refractivity contribution >= 4 is 16.9 Å². The predicted molar refractivity (Wildman–Crippen MR) is 105 cm³/mol. The monoisotopic (exact) mass is 368 g/mol. The molecule has 2 N–H and O–H groups in total. The molecular weight excluding hydrogens is 352 g/mol. The van der Waals surface area contributed by atoms with Crippen molar-refractivity contribution in [2.45, 2.75) is 13.5 Å². The summed E-state index contributed by atoms with van der Waals surface area (Å²) in [7, 11) is 0. The molecule has 0 saturated heterocycles. The number of anilines is 1. The van der Waals surface area contributed by atoms with Crippen molar-refractivity contribution in [3.63, 3.8) is 0 Å². The Kier molecular flexibility index (Phi) is 4.52. The zero-order chi connectivity index (χ0) is 19.5. The van der Waals surface area contributed by atoms with Crippen molar-refractivity contribution in [1.82, 2.24) is 19.9 Å². The minimum atomic E-state index is 0.112. The molecule has 0 atom stereocenters. The van der Waals surface area contributed by atoms with Crippen molar-refractivity contribution in [2.24, 2.45) is 0 Å². The molecule has 0 amide bonds. The standard InChI is InChI=1S/C21H16N6O/c1-13-24-20(23)27-21(25-13)28-12-17-10-15-8-5-9-16(11-22)19(15)26-18(17)14-6-3-2-4-7-14/h2-10H,12H2,1H3,(H2,23,24,25,27). The van der Waals surface area contributed by atoms with E-state index in [0.717, 1.165) is 22.2 Å². The summed E-state index contributed by atoms with van der Waals surface area (Å²) in [5.41, 5.74) is 9.39. The summed E-state index contributed by atoms with van der Waals surface area (Å²) in [4.78, 5) is 16.9. The summed E-state index contributed by atoms with van der Waals surface area (Å²) in [5, 5.41) is 10.3. The number of ether oxygens (including phenoxy) is 1. The number of hydrogen-bond donors (Lipinski definition) is 1. The Balaban J connectivity index is 1.80. The van der Waals surface area contributed by atoms with E-state index in [0.29, 0.717) is 16.9 Å². The fraction of sp³-hybridized carbons (Fsp3) is 0.0952. The summed E-state index contributed by atoms with van der Waals surface area (Å²) in [6.07, 6.45) is 0. The topological polar surface area (TPSA) is 111 Å². The Bertz CT molecular complexity index is 1180.